The minimum absolute atomic E-state index is 0.129. The zero-order valence-electron chi connectivity index (χ0n) is 12.9. The molecule has 0 aliphatic heterocycles. The molecule has 0 aliphatic rings. The number of benzene rings is 1. The number of anilines is 1. The number of sulfone groups is 1. The molecule has 0 radical (unpaired) electrons. The van der Waals surface area contributed by atoms with E-state index in [-0.39, 0.29) is 10.7 Å². The molecule has 4 rings (SSSR count). The van der Waals surface area contributed by atoms with Crippen LogP contribution < -0.4 is 5.32 Å². The Hall–Kier alpha value is -2.78. The second kappa shape index (κ2) is 5.64. The van der Waals surface area contributed by atoms with Crippen LogP contribution in [-0.4, -0.2) is 30.5 Å². The Balaban J connectivity index is 1.64. The van der Waals surface area contributed by atoms with Gasteiger partial charge in [0, 0.05) is 18.5 Å². The van der Waals surface area contributed by atoms with E-state index in [0.29, 0.717) is 26.4 Å². The van der Waals surface area contributed by atoms with E-state index in [1.165, 1.54) is 17.4 Å². The van der Waals surface area contributed by atoms with Gasteiger partial charge in [0.05, 0.1) is 15.1 Å². The monoisotopic (exact) mass is 373 g/mol. The van der Waals surface area contributed by atoms with Gasteiger partial charge >= 0.3 is 0 Å². The van der Waals surface area contributed by atoms with Crippen LogP contribution >= 0.6 is 11.3 Å². The van der Waals surface area contributed by atoms with Gasteiger partial charge in [-0.15, -0.1) is 0 Å². The molecule has 0 unspecified atom stereocenters. The van der Waals surface area contributed by atoms with Crippen LogP contribution in [0.1, 0.15) is 10.6 Å². The first kappa shape index (κ1) is 15.7. The number of nitrogens with zero attached hydrogens (tertiary/aromatic N) is 2. The number of carbonyl (C=O) groups excluding carboxylic acids is 1. The van der Waals surface area contributed by atoms with Gasteiger partial charge in [0.25, 0.3) is 5.91 Å². The number of furan rings is 1. The lowest BCUT2D eigenvalue weighted by molar-refractivity contribution is 0.0998. The molecular weight excluding hydrogens is 362 g/mol. The van der Waals surface area contributed by atoms with Crippen molar-refractivity contribution in [2.45, 2.75) is 4.90 Å². The fraction of sp³-hybridized carbons (Fsp3) is 0.0625. The maximum absolute atomic E-state index is 12.3. The number of nitrogens with one attached hydrogen (secondary N) is 1. The third kappa shape index (κ3) is 2.99. The number of hydrogen-bond donors (Lipinski definition) is 1. The number of carbonyl (C=O) groups is 1. The maximum atomic E-state index is 12.3. The summed E-state index contributed by atoms with van der Waals surface area (Å²) in [7, 11) is -3.30. The SMILES string of the molecule is CS(=O)(=O)c1ccc2nc(NC(=O)c3cc4ncccc4o3)sc2c1. The summed E-state index contributed by atoms with van der Waals surface area (Å²) in [4.78, 5) is 20.9. The van der Waals surface area contributed by atoms with Crippen molar-refractivity contribution in [3.05, 3.63) is 48.4 Å². The van der Waals surface area contributed by atoms with E-state index in [1.807, 2.05) is 0 Å². The molecule has 4 aromatic rings. The van der Waals surface area contributed by atoms with E-state index < -0.39 is 15.7 Å². The fourth-order valence-corrected chi connectivity index (χ4v) is 3.95. The molecule has 7 nitrogen and oxygen atoms in total. The Morgan fingerprint density at radius 1 is 1.20 bits per heavy atom. The zero-order chi connectivity index (χ0) is 17.6. The summed E-state index contributed by atoms with van der Waals surface area (Å²) in [5, 5.41) is 3.02. The number of amides is 1. The molecule has 0 saturated heterocycles. The highest BCUT2D eigenvalue weighted by Gasteiger charge is 2.16. The molecule has 25 heavy (non-hydrogen) atoms. The minimum Gasteiger partial charge on any atom is -0.449 e. The Bertz CT molecular complexity index is 1190. The van der Waals surface area contributed by atoms with E-state index in [2.05, 4.69) is 15.3 Å². The van der Waals surface area contributed by atoms with Gasteiger partial charge in [0.2, 0.25) is 0 Å². The predicted octanol–water partition coefficient (Wildman–Crippen LogP) is 3.09. The fourth-order valence-electron chi connectivity index (χ4n) is 2.33. The van der Waals surface area contributed by atoms with Gasteiger partial charge < -0.3 is 4.42 Å². The number of pyridine rings is 1. The largest absolute Gasteiger partial charge is 0.449 e. The first-order valence-electron chi connectivity index (χ1n) is 7.17. The number of aromatic nitrogens is 2. The van der Waals surface area contributed by atoms with Gasteiger partial charge in [-0.05, 0) is 30.3 Å². The summed E-state index contributed by atoms with van der Waals surface area (Å²) in [6.07, 6.45) is 2.76. The molecule has 1 N–H and O–H groups in total. The lowest BCUT2D eigenvalue weighted by Gasteiger charge is -1.96. The second-order valence-electron chi connectivity index (χ2n) is 5.37. The molecule has 3 heterocycles. The summed E-state index contributed by atoms with van der Waals surface area (Å²) in [5.41, 5.74) is 1.73. The highest BCUT2D eigenvalue weighted by molar-refractivity contribution is 7.90. The maximum Gasteiger partial charge on any atom is 0.293 e. The first-order valence-corrected chi connectivity index (χ1v) is 9.87. The third-order valence-corrected chi connectivity index (χ3v) is 5.56. The van der Waals surface area contributed by atoms with Crippen molar-refractivity contribution in [3.63, 3.8) is 0 Å². The highest BCUT2D eigenvalue weighted by atomic mass is 32.2. The molecule has 1 amide bonds. The van der Waals surface area contributed by atoms with E-state index in [0.717, 1.165) is 6.26 Å². The lowest BCUT2D eigenvalue weighted by atomic mass is 10.3. The van der Waals surface area contributed by atoms with Crippen LogP contribution in [0.5, 0.6) is 0 Å². The summed E-state index contributed by atoms with van der Waals surface area (Å²) >= 11 is 1.19. The molecule has 0 saturated carbocycles. The predicted molar refractivity (Wildman–Crippen MR) is 94.7 cm³/mol. The molecule has 0 spiro atoms. The average Bonchev–Trinajstić information content (AvgIpc) is 3.16. The van der Waals surface area contributed by atoms with Crippen LogP contribution in [0.3, 0.4) is 0 Å². The van der Waals surface area contributed by atoms with Gasteiger partial charge in [-0.3, -0.25) is 15.1 Å². The summed E-state index contributed by atoms with van der Waals surface area (Å²) in [6, 6.07) is 9.66. The number of fused-ring (bicyclic) bond motifs is 2. The van der Waals surface area contributed by atoms with Crippen molar-refractivity contribution < 1.29 is 17.6 Å². The van der Waals surface area contributed by atoms with Crippen LogP contribution in [-0.2, 0) is 9.84 Å². The molecule has 0 atom stereocenters. The van der Waals surface area contributed by atoms with Crippen molar-refractivity contribution in [3.8, 4) is 0 Å². The smallest absolute Gasteiger partial charge is 0.293 e. The van der Waals surface area contributed by atoms with Gasteiger partial charge in [-0.1, -0.05) is 11.3 Å². The van der Waals surface area contributed by atoms with Gasteiger partial charge in [-0.2, -0.15) is 0 Å². The molecule has 9 heteroatoms. The normalized spacial score (nSPS) is 11.9. The topological polar surface area (TPSA) is 102 Å². The first-order chi connectivity index (χ1) is 11.9. The van der Waals surface area contributed by atoms with Crippen molar-refractivity contribution in [1.29, 1.82) is 0 Å². The van der Waals surface area contributed by atoms with Gasteiger partial charge in [0.1, 0.15) is 5.52 Å². The van der Waals surface area contributed by atoms with Crippen LogP contribution in [0.2, 0.25) is 0 Å². The molecule has 0 bridgehead atoms. The quantitative estimate of drug-likeness (QED) is 0.592. The highest BCUT2D eigenvalue weighted by Crippen LogP contribution is 2.28. The van der Waals surface area contributed by atoms with E-state index in [9.17, 15) is 13.2 Å². The second-order valence-corrected chi connectivity index (χ2v) is 8.42. The van der Waals surface area contributed by atoms with E-state index in [1.54, 1.807) is 36.5 Å². The Kier molecular flexibility index (Phi) is 3.55. The molecule has 0 aliphatic carbocycles. The molecule has 1 aromatic carbocycles. The average molecular weight is 373 g/mol. The van der Waals surface area contributed by atoms with Gasteiger partial charge in [0.15, 0.2) is 26.3 Å². The standard InChI is InChI=1S/C16H11N3O4S2/c1-25(21,22)9-4-5-10-14(7-9)24-16(18-10)19-15(20)13-8-11-12(23-13)3-2-6-17-11/h2-8H,1H3,(H,18,19,20). The van der Waals surface area contributed by atoms with Crippen LogP contribution in [0.4, 0.5) is 5.13 Å². The van der Waals surface area contributed by atoms with Crippen LogP contribution in [0, 0.1) is 0 Å². The van der Waals surface area contributed by atoms with Crippen molar-refractivity contribution >= 4 is 53.5 Å². The Morgan fingerprint density at radius 2 is 2.04 bits per heavy atom. The molecule has 3 aromatic heterocycles. The van der Waals surface area contributed by atoms with Gasteiger partial charge in [-0.25, -0.2) is 13.4 Å². The summed E-state index contributed by atoms with van der Waals surface area (Å²) in [6.45, 7) is 0. The van der Waals surface area contributed by atoms with E-state index in [4.69, 9.17) is 4.42 Å². The summed E-state index contributed by atoms with van der Waals surface area (Å²) < 4.78 is 29.4. The lowest BCUT2D eigenvalue weighted by Crippen LogP contribution is -2.10. The Labute approximate surface area is 146 Å². The molecule has 126 valence electrons. The number of hydrogen-bond acceptors (Lipinski definition) is 7. The third-order valence-electron chi connectivity index (χ3n) is 3.52. The molecular formula is C16H11N3O4S2. The minimum atomic E-state index is -3.30. The zero-order valence-corrected chi connectivity index (χ0v) is 14.5. The van der Waals surface area contributed by atoms with E-state index >= 15 is 0 Å². The van der Waals surface area contributed by atoms with Crippen LogP contribution in [0.15, 0.2) is 51.9 Å². The summed E-state index contributed by atoms with van der Waals surface area (Å²) in [5.74, 6) is -0.315. The van der Waals surface area contributed by atoms with Crippen molar-refractivity contribution in [2.24, 2.45) is 0 Å². The van der Waals surface area contributed by atoms with Crippen LogP contribution in [0.25, 0.3) is 21.3 Å². The Morgan fingerprint density at radius 3 is 2.80 bits per heavy atom. The van der Waals surface area contributed by atoms with Crippen molar-refractivity contribution in [1.82, 2.24) is 9.97 Å². The molecule has 0 fully saturated rings. The number of thiazole rings is 1. The van der Waals surface area contributed by atoms with Crippen molar-refractivity contribution in [2.75, 3.05) is 11.6 Å². The number of rotatable bonds is 3.